The van der Waals surface area contributed by atoms with Crippen molar-refractivity contribution in [3.8, 4) is 0 Å². The Hall–Kier alpha value is -1.87. The molecule has 1 aromatic rings. The van der Waals surface area contributed by atoms with Gasteiger partial charge < -0.3 is 10.1 Å². The Morgan fingerprint density at radius 1 is 1.10 bits per heavy atom. The summed E-state index contributed by atoms with van der Waals surface area (Å²) in [5.74, 6) is 0.672. The average Bonchev–Trinajstić information content (AvgIpc) is 3.49. The minimum absolute atomic E-state index is 0.00210. The Morgan fingerprint density at radius 3 is 2.32 bits per heavy atom. The molecule has 7 nitrogen and oxygen atoms in total. The van der Waals surface area contributed by atoms with Crippen LogP contribution in [0.3, 0.4) is 0 Å². The van der Waals surface area contributed by atoms with Crippen molar-refractivity contribution in [1.82, 2.24) is 10.0 Å². The summed E-state index contributed by atoms with van der Waals surface area (Å²) in [6.45, 7) is 0. The first-order valence-corrected chi connectivity index (χ1v) is 12.7. The molecule has 5 fully saturated rings. The average molecular weight is 444 g/mol. The minimum atomic E-state index is -3.79. The molecule has 1 aromatic carbocycles. The number of amides is 1. The van der Waals surface area contributed by atoms with Crippen LogP contribution in [0.15, 0.2) is 29.2 Å². The van der Waals surface area contributed by atoms with E-state index < -0.39 is 21.0 Å². The van der Waals surface area contributed by atoms with Crippen LogP contribution in [0.1, 0.15) is 44.9 Å². The largest absolute Gasteiger partial charge is 0.469 e. The van der Waals surface area contributed by atoms with Gasteiger partial charge in [-0.05, 0) is 68.8 Å². The number of rotatable bonds is 6. The summed E-state index contributed by atoms with van der Waals surface area (Å²) in [7, 11) is -0.583. The predicted molar refractivity (Wildman–Crippen MR) is 117 cm³/mol. The molecule has 2 unspecified atom stereocenters. The van der Waals surface area contributed by atoms with Gasteiger partial charge in [0.2, 0.25) is 15.9 Å². The molecule has 2 atom stereocenters. The van der Waals surface area contributed by atoms with E-state index in [1.54, 1.807) is 32.1 Å². The Balaban J connectivity index is 1.31. The Morgan fingerprint density at radius 2 is 1.74 bits per heavy atom. The molecular weight excluding hydrogens is 415 g/mol. The Kier molecular flexibility index (Phi) is 4.79. The molecule has 0 aliphatic heterocycles. The van der Waals surface area contributed by atoms with E-state index in [0.717, 1.165) is 32.1 Å². The summed E-state index contributed by atoms with van der Waals surface area (Å²) >= 11 is 0. The number of esters is 1. The van der Waals surface area contributed by atoms with Gasteiger partial charge in [-0.25, -0.2) is 8.42 Å². The number of hydrogen-bond donors (Lipinski definition) is 2. The molecule has 4 bridgehead atoms. The molecule has 31 heavy (non-hydrogen) atoms. The summed E-state index contributed by atoms with van der Waals surface area (Å²) < 4.78 is 33.7. The fraction of sp³-hybridized carbons (Fsp3) is 0.636. The highest BCUT2D eigenvalue weighted by atomic mass is 32.2. The van der Waals surface area contributed by atoms with E-state index in [2.05, 4.69) is 10.0 Å². The van der Waals surface area contributed by atoms with Crippen molar-refractivity contribution in [3.63, 3.8) is 0 Å². The zero-order valence-corrected chi connectivity index (χ0v) is 18.8. The second kappa shape index (κ2) is 7.07. The number of carbonyl (C=O) groups is 2. The number of ether oxygens (including phenoxy) is 1. The van der Waals surface area contributed by atoms with Crippen LogP contribution in [-0.4, -0.2) is 46.8 Å². The van der Waals surface area contributed by atoms with Crippen molar-refractivity contribution in [1.29, 1.82) is 0 Å². The van der Waals surface area contributed by atoms with Crippen LogP contribution in [0.2, 0.25) is 0 Å². The van der Waals surface area contributed by atoms with Crippen LogP contribution in [0.5, 0.6) is 0 Å². The molecule has 0 radical (unpaired) electrons. The van der Waals surface area contributed by atoms with Crippen LogP contribution in [-0.2, 0) is 24.3 Å². The molecule has 166 valence electrons. The van der Waals surface area contributed by atoms with Gasteiger partial charge in [0.1, 0.15) is 13.4 Å². The van der Waals surface area contributed by atoms with Gasteiger partial charge in [-0.3, -0.25) is 9.59 Å². The van der Waals surface area contributed by atoms with Crippen molar-refractivity contribution in [2.24, 2.45) is 23.2 Å². The number of methoxy groups -OCH3 is 1. The van der Waals surface area contributed by atoms with Crippen LogP contribution in [0, 0.1) is 23.2 Å². The topological polar surface area (TPSA) is 102 Å². The Bertz CT molecular complexity index is 1020. The van der Waals surface area contributed by atoms with Crippen LogP contribution in [0.25, 0.3) is 0 Å². The molecule has 5 aliphatic carbocycles. The second-order valence-electron chi connectivity index (χ2n) is 10.2. The molecule has 5 saturated carbocycles. The van der Waals surface area contributed by atoms with E-state index in [4.69, 9.17) is 4.74 Å². The van der Waals surface area contributed by atoms with Gasteiger partial charge in [0.25, 0.3) is 0 Å². The molecule has 0 heterocycles. The lowest BCUT2D eigenvalue weighted by Gasteiger charge is -2.58. The van der Waals surface area contributed by atoms with E-state index in [0.29, 0.717) is 24.2 Å². The first-order valence-electron chi connectivity index (χ1n) is 11.2. The third-order valence-electron chi connectivity index (χ3n) is 8.09. The molecule has 0 spiro atoms. The van der Waals surface area contributed by atoms with Gasteiger partial charge in [0.15, 0.2) is 0 Å². The third-order valence-corrected chi connectivity index (χ3v) is 9.78. The van der Waals surface area contributed by atoms with Gasteiger partial charge in [-0.2, -0.15) is 4.72 Å². The highest BCUT2D eigenvalue weighted by molar-refractivity contribution is 7.89. The number of sulfonamides is 1. The molecule has 6 rings (SSSR count). The lowest BCUT2D eigenvalue weighted by Crippen LogP contribution is -2.63. The smallest absolute Gasteiger partial charge is 0.311 e. The van der Waals surface area contributed by atoms with E-state index in [1.807, 2.05) is 0 Å². The van der Waals surface area contributed by atoms with Gasteiger partial charge in [0, 0.05) is 6.04 Å². The van der Waals surface area contributed by atoms with Crippen molar-refractivity contribution in [3.05, 3.63) is 24.3 Å². The van der Waals surface area contributed by atoms with E-state index >= 15 is 0 Å². The molecular formula is C22H29BN2O5S. The minimum Gasteiger partial charge on any atom is -0.469 e. The van der Waals surface area contributed by atoms with Crippen molar-refractivity contribution in [2.75, 3.05) is 7.11 Å². The summed E-state index contributed by atoms with van der Waals surface area (Å²) in [5, 5.41) is 3.21. The van der Waals surface area contributed by atoms with E-state index in [9.17, 15) is 18.0 Å². The van der Waals surface area contributed by atoms with Gasteiger partial charge in [-0.1, -0.05) is 23.7 Å². The molecule has 9 heteroatoms. The normalized spacial score (nSPS) is 34.9. The van der Waals surface area contributed by atoms with Crippen molar-refractivity contribution >= 4 is 35.2 Å². The number of carbonyl (C=O) groups excluding carboxylic acids is 2. The fourth-order valence-electron chi connectivity index (χ4n) is 6.69. The molecule has 1 amide bonds. The lowest BCUT2D eigenvalue weighted by atomic mass is 9.48. The number of nitrogens with one attached hydrogen (secondary N) is 2. The molecule has 0 aromatic heterocycles. The monoisotopic (exact) mass is 444 g/mol. The zero-order valence-electron chi connectivity index (χ0n) is 18.0. The zero-order chi connectivity index (χ0) is 22.0. The first-order chi connectivity index (χ1) is 14.7. The van der Waals surface area contributed by atoms with E-state index in [-0.39, 0.29) is 34.6 Å². The second-order valence-corrected chi connectivity index (χ2v) is 11.8. The molecule has 5 aliphatic rings. The van der Waals surface area contributed by atoms with Crippen molar-refractivity contribution in [2.45, 2.75) is 61.4 Å². The summed E-state index contributed by atoms with van der Waals surface area (Å²) in [6, 6.07) is 6.80. The number of benzene rings is 1. The molecule has 0 saturated heterocycles. The maximum atomic E-state index is 13.3. The predicted octanol–water partition coefficient (Wildman–Crippen LogP) is 0.240. The SMILES string of the molecule is Bc1ccccc1S(=O)(=O)NC1(C(=O)NC2C3CC4CC2CC(C(=O)OC)(C4)C3)CC1. The van der Waals surface area contributed by atoms with Crippen LogP contribution < -0.4 is 15.5 Å². The highest BCUT2D eigenvalue weighted by Gasteiger charge is 2.61. The third kappa shape index (κ3) is 3.40. The van der Waals surface area contributed by atoms with Gasteiger partial charge in [-0.15, -0.1) is 0 Å². The number of hydrogen-bond acceptors (Lipinski definition) is 5. The van der Waals surface area contributed by atoms with Crippen molar-refractivity contribution < 1.29 is 22.7 Å². The van der Waals surface area contributed by atoms with Crippen LogP contribution in [0.4, 0.5) is 0 Å². The maximum Gasteiger partial charge on any atom is 0.311 e. The standard InChI is InChI=1S/C22H29BN2O5S/c1-30-20(27)21-10-13-8-14(11-21)18(15(9-13)12-21)24-19(26)22(6-7-22)25-31(28,29)17-5-3-2-4-16(17)23/h2-5,13-15,18,25H,6-12,23H2,1H3,(H,24,26). The Labute approximate surface area is 184 Å². The summed E-state index contributed by atoms with van der Waals surface area (Å²) in [6.07, 6.45) is 5.43. The van der Waals surface area contributed by atoms with Crippen LogP contribution >= 0.6 is 0 Å². The van der Waals surface area contributed by atoms with Gasteiger partial charge in [0.05, 0.1) is 17.4 Å². The quantitative estimate of drug-likeness (QED) is 0.484. The van der Waals surface area contributed by atoms with Gasteiger partial charge >= 0.3 is 5.97 Å². The summed E-state index contributed by atoms with van der Waals surface area (Å²) in [5.41, 5.74) is -0.799. The fourth-order valence-corrected chi connectivity index (χ4v) is 8.36. The lowest BCUT2D eigenvalue weighted by molar-refractivity contribution is -0.171. The molecule has 2 N–H and O–H groups in total. The summed E-state index contributed by atoms with van der Waals surface area (Å²) in [4.78, 5) is 26.0. The highest BCUT2D eigenvalue weighted by Crippen LogP contribution is 2.60. The van der Waals surface area contributed by atoms with E-state index in [1.165, 1.54) is 7.11 Å². The first kappa shape index (κ1) is 21.0. The maximum absolute atomic E-state index is 13.3.